The van der Waals surface area contributed by atoms with Gasteiger partial charge in [0.05, 0.1) is 5.69 Å². The van der Waals surface area contributed by atoms with Crippen LogP contribution in [0.2, 0.25) is 0 Å². The molecule has 0 spiro atoms. The first-order valence-electron chi connectivity index (χ1n) is 8.51. The lowest BCUT2D eigenvalue weighted by Crippen LogP contribution is -2.04. The third kappa shape index (κ3) is 3.75. The van der Waals surface area contributed by atoms with Crippen molar-refractivity contribution in [1.82, 2.24) is 15.0 Å². The van der Waals surface area contributed by atoms with Gasteiger partial charge in [0.25, 0.3) is 0 Å². The van der Waals surface area contributed by atoms with Gasteiger partial charge in [0.2, 0.25) is 0 Å². The second-order valence-corrected chi connectivity index (χ2v) is 5.91. The van der Waals surface area contributed by atoms with Crippen molar-refractivity contribution in [1.29, 1.82) is 0 Å². The Hall–Kier alpha value is -3.53. The standard InChI is InChI=1S/C22H18N4/c1-3-8-17(9-4-1)15-24-21-14-20(18-10-5-2-6-11-18)25-22(26-21)19-12-7-13-23-16-19/h1-14,16H,15H2,(H,24,25,26). The number of pyridine rings is 1. The Bertz CT molecular complexity index is 913. The molecule has 0 radical (unpaired) electrons. The summed E-state index contributed by atoms with van der Waals surface area (Å²) in [5.41, 5.74) is 4.04. The van der Waals surface area contributed by atoms with E-state index < -0.39 is 0 Å². The van der Waals surface area contributed by atoms with Gasteiger partial charge in [-0.1, -0.05) is 60.7 Å². The van der Waals surface area contributed by atoms with Crippen LogP contribution in [-0.4, -0.2) is 15.0 Å². The molecule has 0 atom stereocenters. The molecule has 2 aromatic carbocycles. The van der Waals surface area contributed by atoms with Crippen molar-refractivity contribution in [3.05, 3.63) is 96.8 Å². The van der Waals surface area contributed by atoms with E-state index >= 15 is 0 Å². The van der Waals surface area contributed by atoms with E-state index in [1.165, 1.54) is 5.56 Å². The molecule has 2 heterocycles. The van der Waals surface area contributed by atoms with Crippen LogP contribution in [0.1, 0.15) is 5.56 Å². The van der Waals surface area contributed by atoms with Crippen molar-refractivity contribution in [3.8, 4) is 22.6 Å². The molecule has 0 saturated carbocycles. The smallest absolute Gasteiger partial charge is 0.163 e. The summed E-state index contributed by atoms with van der Waals surface area (Å²) in [5.74, 6) is 1.46. The Labute approximate surface area is 152 Å². The average molecular weight is 338 g/mol. The number of aromatic nitrogens is 3. The predicted molar refractivity (Wildman–Crippen MR) is 104 cm³/mol. The van der Waals surface area contributed by atoms with Gasteiger partial charge in [-0.15, -0.1) is 0 Å². The van der Waals surface area contributed by atoms with Crippen LogP contribution in [0.3, 0.4) is 0 Å². The first-order chi connectivity index (χ1) is 12.9. The van der Waals surface area contributed by atoms with E-state index in [0.29, 0.717) is 12.4 Å². The van der Waals surface area contributed by atoms with E-state index in [0.717, 1.165) is 22.6 Å². The minimum Gasteiger partial charge on any atom is -0.366 e. The molecule has 1 N–H and O–H groups in total. The van der Waals surface area contributed by atoms with Gasteiger partial charge in [0, 0.05) is 36.1 Å². The van der Waals surface area contributed by atoms with Crippen molar-refractivity contribution in [2.75, 3.05) is 5.32 Å². The molecule has 0 saturated heterocycles. The molecule has 0 aliphatic carbocycles. The summed E-state index contributed by atoms with van der Waals surface area (Å²) in [7, 11) is 0. The Balaban J connectivity index is 1.70. The van der Waals surface area contributed by atoms with E-state index in [1.807, 2.05) is 54.6 Å². The van der Waals surface area contributed by atoms with Gasteiger partial charge in [-0.2, -0.15) is 0 Å². The van der Waals surface area contributed by atoms with Crippen molar-refractivity contribution in [2.45, 2.75) is 6.54 Å². The minimum atomic E-state index is 0.662. The molecule has 4 nitrogen and oxygen atoms in total. The number of benzene rings is 2. The zero-order valence-corrected chi connectivity index (χ0v) is 14.2. The summed E-state index contributed by atoms with van der Waals surface area (Å²) in [5, 5.41) is 3.41. The van der Waals surface area contributed by atoms with Crippen molar-refractivity contribution in [3.63, 3.8) is 0 Å². The number of nitrogens with one attached hydrogen (secondary N) is 1. The zero-order chi connectivity index (χ0) is 17.6. The van der Waals surface area contributed by atoms with E-state index in [1.54, 1.807) is 12.4 Å². The van der Waals surface area contributed by atoms with Gasteiger partial charge in [-0.05, 0) is 17.7 Å². The Morgan fingerprint density at radius 2 is 1.46 bits per heavy atom. The van der Waals surface area contributed by atoms with Gasteiger partial charge in [-0.3, -0.25) is 4.98 Å². The molecule has 4 rings (SSSR count). The molecule has 4 aromatic rings. The predicted octanol–water partition coefficient (Wildman–Crippen LogP) is 4.82. The van der Waals surface area contributed by atoms with Gasteiger partial charge in [-0.25, -0.2) is 9.97 Å². The van der Waals surface area contributed by atoms with Gasteiger partial charge in [0.15, 0.2) is 5.82 Å². The Morgan fingerprint density at radius 3 is 2.19 bits per heavy atom. The number of rotatable bonds is 5. The monoisotopic (exact) mass is 338 g/mol. The first kappa shape index (κ1) is 16.0. The lowest BCUT2D eigenvalue weighted by molar-refractivity contribution is 1.09. The highest BCUT2D eigenvalue weighted by atomic mass is 15.0. The van der Waals surface area contributed by atoms with Crippen LogP contribution in [0.25, 0.3) is 22.6 Å². The van der Waals surface area contributed by atoms with E-state index in [2.05, 4.69) is 39.6 Å². The van der Waals surface area contributed by atoms with Crippen LogP contribution in [0.15, 0.2) is 91.3 Å². The van der Waals surface area contributed by atoms with Crippen LogP contribution in [-0.2, 0) is 6.54 Å². The van der Waals surface area contributed by atoms with Gasteiger partial charge >= 0.3 is 0 Å². The van der Waals surface area contributed by atoms with E-state index in [-0.39, 0.29) is 0 Å². The second kappa shape index (κ2) is 7.57. The molecular weight excluding hydrogens is 320 g/mol. The number of hydrogen-bond donors (Lipinski definition) is 1. The van der Waals surface area contributed by atoms with Crippen LogP contribution in [0.4, 0.5) is 5.82 Å². The second-order valence-electron chi connectivity index (χ2n) is 5.91. The van der Waals surface area contributed by atoms with Crippen LogP contribution in [0, 0.1) is 0 Å². The SMILES string of the molecule is c1ccc(CNc2cc(-c3ccccc3)nc(-c3cccnc3)n2)cc1. The summed E-state index contributed by atoms with van der Waals surface area (Å²) < 4.78 is 0. The Kier molecular flexibility index (Phi) is 4.65. The number of anilines is 1. The summed E-state index contributed by atoms with van der Waals surface area (Å²) in [6, 6.07) is 26.2. The van der Waals surface area contributed by atoms with Crippen molar-refractivity contribution >= 4 is 5.82 Å². The molecule has 126 valence electrons. The van der Waals surface area contributed by atoms with Gasteiger partial charge < -0.3 is 5.32 Å². The third-order valence-corrected chi connectivity index (χ3v) is 4.03. The molecular formula is C22H18N4. The molecule has 0 aliphatic heterocycles. The summed E-state index contributed by atoms with van der Waals surface area (Å²) in [6.07, 6.45) is 3.53. The highest BCUT2D eigenvalue weighted by Crippen LogP contribution is 2.24. The lowest BCUT2D eigenvalue weighted by Gasteiger charge is -2.10. The minimum absolute atomic E-state index is 0.662. The topological polar surface area (TPSA) is 50.7 Å². The van der Waals surface area contributed by atoms with Crippen LogP contribution < -0.4 is 5.32 Å². The molecule has 26 heavy (non-hydrogen) atoms. The van der Waals surface area contributed by atoms with Crippen molar-refractivity contribution in [2.24, 2.45) is 0 Å². The fraction of sp³-hybridized carbons (Fsp3) is 0.0455. The molecule has 0 aliphatic rings. The maximum Gasteiger partial charge on any atom is 0.163 e. The van der Waals surface area contributed by atoms with E-state index in [4.69, 9.17) is 4.98 Å². The summed E-state index contributed by atoms with van der Waals surface area (Å²) in [6.45, 7) is 0.707. The Morgan fingerprint density at radius 1 is 0.731 bits per heavy atom. The molecule has 0 amide bonds. The normalized spacial score (nSPS) is 10.5. The first-order valence-corrected chi connectivity index (χ1v) is 8.51. The number of nitrogens with zero attached hydrogens (tertiary/aromatic N) is 3. The van der Waals surface area contributed by atoms with Gasteiger partial charge in [0.1, 0.15) is 5.82 Å². The third-order valence-electron chi connectivity index (χ3n) is 4.03. The molecule has 4 heteroatoms. The largest absolute Gasteiger partial charge is 0.366 e. The van der Waals surface area contributed by atoms with Crippen molar-refractivity contribution < 1.29 is 0 Å². The van der Waals surface area contributed by atoms with E-state index in [9.17, 15) is 0 Å². The maximum absolute atomic E-state index is 4.74. The fourth-order valence-electron chi connectivity index (χ4n) is 2.71. The number of hydrogen-bond acceptors (Lipinski definition) is 4. The molecule has 2 aromatic heterocycles. The van der Waals surface area contributed by atoms with Crippen LogP contribution >= 0.6 is 0 Å². The molecule has 0 fully saturated rings. The average Bonchev–Trinajstić information content (AvgIpc) is 2.74. The summed E-state index contributed by atoms with van der Waals surface area (Å²) in [4.78, 5) is 13.6. The fourth-order valence-corrected chi connectivity index (χ4v) is 2.71. The summed E-state index contributed by atoms with van der Waals surface area (Å²) >= 11 is 0. The highest BCUT2D eigenvalue weighted by molar-refractivity contribution is 5.67. The quantitative estimate of drug-likeness (QED) is 0.567. The van der Waals surface area contributed by atoms with Crippen LogP contribution in [0.5, 0.6) is 0 Å². The maximum atomic E-state index is 4.74. The zero-order valence-electron chi connectivity index (χ0n) is 14.2. The molecule has 0 bridgehead atoms. The lowest BCUT2D eigenvalue weighted by atomic mass is 10.1. The molecule has 0 unspecified atom stereocenters. The highest BCUT2D eigenvalue weighted by Gasteiger charge is 2.09.